The first kappa shape index (κ1) is 9.73. The highest BCUT2D eigenvalue weighted by Crippen LogP contribution is 2.10. The highest BCUT2D eigenvalue weighted by atomic mass is 16.5. The van der Waals surface area contributed by atoms with E-state index in [9.17, 15) is 4.79 Å². The molecule has 0 atom stereocenters. The lowest BCUT2D eigenvalue weighted by atomic mass is 10.2. The maximum Gasteiger partial charge on any atom is 0.273 e. The minimum atomic E-state index is -0.174. The summed E-state index contributed by atoms with van der Waals surface area (Å²) in [5, 5.41) is 13.8. The lowest BCUT2D eigenvalue weighted by Gasteiger charge is -2.26. The van der Waals surface area contributed by atoms with E-state index < -0.39 is 0 Å². The van der Waals surface area contributed by atoms with E-state index in [-0.39, 0.29) is 11.9 Å². The lowest BCUT2D eigenvalue weighted by Crippen LogP contribution is -2.48. The van der Waals surface area contributed by atoms with Gasteiger partial charge in [0.2, 0.25) is 0 Å². The van der Waals surface area contributed by atoms with Crippen LogP contribution in [0.2, 0.25) is 0 Å². The summed E-state index contributed by atoms with van der Waals surface area (Å²) < 4.78 is 6.72. The number of nitrogens with zero attached hydrogens (tertiary/aromatic N) is 3. The summed E-state index contributed by atoms with van der Waals surface area (Å²) in [6, 6.07) is 0.462. The molecule has 3 rings (SSSR count). The zero-order valence-electron chi connectivity index (χ0n) is 8.72. The summed E-state index contributed by atoms with van der Waals surface area (Å²) >= 11 is 0. The van der Waals surface area contributed by atoms with Gasteiger partial charge in [-0.1, -0.05) is 5.21 Å². The molecule has 0 saturated carbocycles. The molecular formula is C9H13N5O2. The van der Waals surface area contributed by atoms with Crippen molar-refractivity contribution in [3.63, 3.8) is 0 Å². The number of hydrogen-bond acceptors (Lipinski definition) is 5. The Labute approximate surface area is 92.1 Å². The molecule has 0 bridgehead atoms. The van der Waals surface area contributed by atoms with Crippen molar-refractivity contribution >= 4 is 5.91 Å². The van der Waals surface area contributed by atoms with Crippen LogP contribution in [0.5, 0.6) is 0 Å². The predicted molar refractivity (Wildman–Crippen MR) is 54.0 cm³/mol. The molecule has 2 fully saturated rings. The number of nitrogens with one attached hydrogen (secondary N) is 2. The van der Waals surface area contributed by atoms with Crippen LogP contribution < -0.4 is 10.6 Å². The van der Waals surface area contributed by atoms with Crippen molar-refractivity contribution in [2.75, 3.05) is 26.3 Å². The third kappa shape index (κ3) is 1.68. The Bertz CT molecular complexity index is 396. The van der Waals surface area contributed by atoms with Gasteiger partial charge in [0.15, 0.2) is 5.69 Å². The first-order valence-corrected chi connectivity index (χ1v) is 5.34. The summed E-state index contributed by atoms with van der Waals surface area (Å²) in [6.07, 6.45) is 1.69. The fourth-order valence-electron chi connectivity index (χ4n) is 1.60. The van der Waals surface area contributed by atoms with Crippen molar-refractivity contribution in [2.45, 2.75) is 12.1 Å². The average Bonchev–Trinajstić information content (AvgIpc) is 2.57. The topological polar surface area (TPSA) is 81.1 Å². The summed E-state index contributed by atoms with van der Waals surface area (Å²) in [6.45, 7) is 2.96. The van der Waals surface area contributed by atoms with E-state index in [4.69, 9.17) is 4.74 Å². The zero-order valence-corrected chi connectivity index (χ0v) is 8.72. The van der Waals surface area contributed by atoms with Crippen LogP contribution in [-0.2, 0) is 4.74 Å². The molecule has 2 saturated heterocycles. The molecule has 3 heterocycles. The third-order valence-corrected chi connectivity index (χ3v) is 2.85. The number of carbonyl (C=O) groups is 1. The SMILES string of the molecule is O=C(NC1COC1)c1cn(C2CNC2)nn1. The molecule has 16 heavy (non-hydrogen) atoms. The van der Waals surface area contributed by atoms with Gasteiger partial charge >= 0.3 is 0 Å². The van der Waals surface area contributed by atoms with Gasteiger partial charge in [-0.3, -0.25) is 4.79 Å². The second-order valence-corrected chi connectivity index (χ2v) is 4.10. The Hall–Kier alpha value is -1.47. The van der Waals surface area contributed by atoms with Crippen LogP contribution in [0, 0.1) is 0 Å². The Balaban J connectivity index is 1.63. The van der Waals surface area contributed by atoms with E-state index >= 15 is 0 Å². The van der Waals surface area contributed by atoms with Crippen LogP contribution in [-0.4, -0.2) is 53.2 Å². The van der Waals surface area contributed by atoms with Crippen LogP contribution in [0.15, 0.2) is 6.20 Å². The Morgan fingerprint density at radius 2 is 2.38 bits per heavy atom. The summed E-state index contributed by atoms with van der Waals surface area (Å²) in [4.78, 5) is 11.7. The van der Waals surface area contributed by atoms with Gasteiger partial charge in [0, 0.05) is 13.1 Å². The number of amides is 1. The molecule has 0 unspecified atom stereocenters. The molecular weight excluding hydrogens is 210 g/mol. The quantitative estimate of drug-likeness (QED) is 0.655. The van der Waals surface area contributed by atoms with Gasteiger partial charge in [0.25, 0.3) is 5.91 Å². The Morgan fingerprint density at radius 3 is 2.94 bits per heavy atom. The summed E-state index contributed by atoms with van der Waals surface area (Å²) in [5.74, 6) is -0.174. The Morgan fingerprint density at radius 1 is 1.56 bits per heavy atom. The van der Waals surface area contributed by atoms with Gasteiger partial charge in [-0.05, 0) is 0 Å². The van der Waals surface area contributed by atoms with Gasteiger partial charge in [-0.2, -0.15) is 0 Å². The van der Waals surface area contributed by atoms with Crippen LogP contribution in [0.3, 0.4) is 0 Å². The molecule has 2 aliphatic heterocycles. The molecule has 0 spiro atoms. The molecule has 1 aromatic rings. The molecule has 0 aliphatic carbocycles. The Kier molecular flexibility index (Phi) is 2.33. The number of ether oxygens (including phenoxy) is 1. The molecule has 7 heteroatoms. The zero-order chi connectivity index (χ0) is 11.0. The van der Waals surface area contributed by atoms with E-state index in [0.717, 1.165) is 13.1 Å². The third-order valence-electron chi connectivity index (χ3n) is 2.85. The number of carbonyl (C=O) groups excluding carboxylic acids is 1. The number of aromatic nitrogens is 3. The first-order chi connectivity index (χ1) is 7.83. The maximum absolute atomic E-state index is 11.7. The number of hydrogen-bond donors (Lipinski definition) is 2. The fraction of sp³-hybridized carbons (Fsp3) is 0.667. The van der Waals surface area contributed by atoms with Crippen molar-refractivity contribution in [3.05, 3.63) is 11.9 Å². The minimum absolute atomic E-state index is 0.128. The van der Waals surface area contributed by atoms with Gasteiger partial charge in [0.1, 0.15) is 0 Å². The van der Waals surface area contributed by atoms with E-state index in [1.807, 2.05) is 0 Å². The largest absolute Gasteiger partial charge is 0.377 e. The van der Waals surface area contributed by atoms with Crippen molar-refractivity contribution in [2.24, 2.45) is 0 Å². The molecule has 0 aromatic carbocycles. The van der Waals surface area contributed by atoms with Crippen molar-refractivity contribution in [3.8, 4) is 0 Å². The predicted octanol–water partition coefficient (Wildman–Crippen LogP) is -1.45. The van der Waals surface area contributed by atoms with E-state index in [2.05, 4.69) is 20.9 Å². The van der Waals surface area contributed by atoms with Gasteiger partial charge < -0.3 is 15.4 Å². The molecule has 0 radical (unpaired) electrons. The highest BCUT2D eigenvalue weighted by molar-refractivity contribution is 5.92. The van der Waals surface area contributed by atoms with Gasteiger partial charge in [-0.15, -0.1) is 5.10 Å². The van der Waals surface area contributed by atoms with Crippen molar-refractivity contribution in [1.82, 2.24) is 25.6 Å². The normalized spacial score (nSPS) is 21.2. The smallest absolute Gasteiger partial charge is 0.273 e. The fourth-order valence-corrected chi connectivity index (χ4v) is 1.60. The van der Waals surface area contributed by atoms with Gasteiger partial charge in [0.05, 0.1) is 31.5 Å². The van der Waals surface area contributed by atoms with Crippen molar-refractivity contribution < 1.29 is 9.53 Å². The van der Waals surface area contributed by atoms with E-state index in [1.54, 1.807) is 10.9 Å². The number of rotatable bonds is 3. The molecule has 1 amide bonds. The van der Waals surface area contributed by atoms with E-state index in [1.165, 1.54) is 0 Å². The van der Waals surface area contributed by atoms with Crippen LogP contribution in [0.25, 0.3) is 0 Å². The monoisotopic (exact) mass is 223 g/mol. The first-order valence-electron chi connectivity index (χ1n) is 5.34. The maximum atomic E-state index is 11.7. The second-order valence-electron chi connectivity index (χ2n) is 4.10. The summed E-state index contributed by atoms with van der Waals surface area (Å²) in [7, 11) is 0. The standard InChI is InChI=1S/C9H13N5O2/c15-9(11-6-4-16-5-6)8-3-14(13-12-8)7-1-10-2-7/h3,6-7,10H,1-2,4-5H2,(H,11,15). The summed E-state index contributed by atoms with van der Waals surface area (Å²) in [5.41, 5.74) is 0.374. The van der Waals surface area contributed by atoms with Crippen LogP contribution in [0.4, 0.5) is 0 Å². The second kappa shape index (κ2) is 3.84. The minimum Gasteiger partial charge on any atom is -0.377 e. The van der Waals surface area contributed by atoms with E-state index in [0.29, 0.717) is 24.9 Å². The molecule has 2 N–H and O–H groups in total. The molecule has 1 aromatic heterocycles. The molecule has 86 valence electrons. The average molecular weight is 223 g/mol. The molecule has 2 aliphatic rings. The molecule has 7 nitrogen and oxygen atoms in total. The van der Waals surface area contributed by atoms with Crippen LogP contribution in [0.1, 0.15) is 16.5 Å². The van der Waals surface area contributed by atoms with Crippen LogP contribution >= 0.6 is 0 Å². The van der Waals surface area contributed by atoms with Gasteiger partial charge in [-0.25, -0.2) is 4.68 Å². The lowest BCUT2D eigenvalue weighted by molar-refractivity contribution is -0.00355. The van der Waals surface area contributed by atoms with Crippen molar-refractivity contribution in [1.29, 1.82) is 0 Å². The highest BCUT2D eigenvalue weighted by Gasteiger charge is 2.24.